The van der Waals surface area contributed by atoms with Crippen LogP contribution in [0.15, 0.2) is 24.3 Å². The Bertz CT molecular complexity index is 676. The molecule has 0 amide bonds. The second-order valence-corrected chi connectivity index (χ2v) is 8.46. The van der Waals surface area contributed by atoms with Crippen molar-refractivity contribution in [3.8, 4) is 5.75 Å². The topological polar surface area (TPSA) is 121 Å². The summed E-state index contributed by atoms with van der Waals surface area (Å²) in [6.45, 7) is 0.547. The monoisotopic (exact) mass is 400 g/mol. The van der Waals surface area contributed by atoms with Crippen molar-refractivity contribution in [2.24, 2.45) is 0 Å². The Balaban J connectivity index is 0.000000769. The van der Waals surface area contributed by atoms with Crippen molar-refractivity contribution in [3.05, 3.63) is 29.8 Å². The zero-order valence-corrected chi connectivity index (χ0v) is 17.4. The van der Waals surface area contributed by atoms with Crippen LogP contribution >= 0.6 is 0 Å². The van der Waals surface area contributed by atoms with Crippen molar-refractivity contribution in [1.29, 1.82) is 0 Å². The van der Waals surface area contributed by atoms with Crippen LogP contribution in [0, 0.1) is 0 Å². The van der Waals surface area contributed by atoms with Crippen molar-refractivity contribution in [2.45, 2.75) is 12.5 Å². The zero-order valence-electron chi connectivity index (χ0n) is 17.4. The molecule has 1 atom stereocenters. The van der Waals surface area contributed by atoms with Crippen molar-refractivity contribution >= 4 is 17.9 Å². The summed E-state index contributed by atoms with van der Waals surface area (Å²) in [6.07, 6.45) is -1.02. The molecule has 158 valence electrons. The van der Waals surface area contributed by atoms with E-state index in [0.717, 1.165) is 0 Å². The van der Waals surface area contributed by atoms with Crippen LogP contribution in [0.5, 0.6) is 5.75 Å². The number of ether oxygens (including phenoxy) is 1. The number of carbonyl (C=O) groups excluding carboxylic acids is 1. The molecule has 0 saturated carbocycles. The van der Waals surface area contributed by atoms with Crippen LogP contribution in [0.3, 0.4) is 0 Å². The molecule has 0 radical (unpaired) electrons. The van der Waals surface area contributed by atoms with E-state index in [2.05, 4.69) is 0 Å². The lowest BCUT2D eigenvalue weighted by molar-refractivity contribution is -0.873. The summed E-state index contributed by atoms with van der Waals surface area (Å²) in [4.78, 5) is 32.8. The SMILES string of the molecule is C[N+](C)(C)CC(=O)O.C[N+](C)(C)C[C@H](CC(=O)O)OC(=O)c1ccccc1O. The smallest absolute Gasteiger partial charge is 0.359 e. The number of aliphatic carboxylic acids is 2. The summed E-state index contributed by atoms with van der Waals surface area (Å²) in [5, 5.41) is 26.7. The molecule has 0 aromatic heterocycles. The van der Waals surface area contributed by atoms with Gasteiger partial charge in [-0.2, -0.15) is 0 Å². The van der Waals surface area contributed by atoms with Gasteiger partial charge in [-0.05, 0) is 12.1 Å². The van der Waals surface area contributed by atoms with E-state index in [1.807, 2.05) is 42.3 Å². The number of hydrogen-bond donors (Lipinski definition) is 3. The van der Waals surface area contributed by atoms with Gasteiger partial charge in [-0.1, -0.05) is 12.1 Å². The molecule has 1 aromatic carbocycles. The third kappa shape index (κ3) is 12.7. The van der Waals surface area contributed by atoms with Gasteiger partial charge < -0.3 is 29.0 Å². The molecule has 0 aliphatic carbocycles. The summed E-state index contributed by atoms with van der Waals surface area (Å²) in [7, 11) is 11.2. The molecule has 9 nitrogen and oxygen atoms in total. The van der Waals surface area contributed by atoms with Crippen LogP contribution in [0.1, 0.15) is 16.8 Å². The molecule has 3 N–H and O–H groups in total. The molecular weight excluding hydrogens is 368 g/mol. The highest BCUT2D eigenvalue weighted by molar-refractivity contribution is 5.92. The van der Waals surface area contributed by atoms with E-state index in [-0.39, 0.29) is 24.3 Å². The fourth-order valence-corrected chi connectivity index (χ4v) is 2.22. The number of esters is 1. The highest BCUT2D eigenvalue weighted by Crippen LogP contribution is 2.18. The Morgan fingerprint density at radius 2 is 1.46 bits per heavy atom. The predicted octanol–water partition coefficient (Wildman–Crippen LogP) is 0.876. The van der Waals surface area contributed by atoms with Crippen LogP contribution in [0.2, 0.25) is 0 Å². The molecule has 0 heterocycles. The van der Waals surface area contributed by atoms with Crippen molar-refractivity contribution < 1.29 is 43.4 Å². The molecule has 0 fully saturated rings. The molecular formula is C19H32N2O7+2. The lowest BCUT2D eigenvalue weighted by Gasteiger charge is -2.28. The Morgan fingerprint density at radius 3 is 1.82 bits per heavy atom. The van der Waals surface area contributed by atoms with Crippen molar-refractivity contribution in [1.82, 2.24) is 0 Å². The maximum absolute atomic E-state index is 12.0. The normalized spacial score (nSPS) is 12.4. The second kappa shape index (κ2) is 10.6. The predicted molar refractivity (Wildman–Crippen MR) is 103 cm³/mol. The van der Waals surface area contributed by atoms with Gasteiger partial charge in [-0.3, -0.25) is 4.79 Å². The fraction of sp³-hybridized carbons (Fsp3) is 0.526. The molecule has 0 aliphatic rings. The van der Waals surface area contributed by atoms with E-state index in [0.29, 0.717) is 15.5 Å². The standard InChI is InChI=1S/C14H19NO5.C5H11NO2/c1-15(2,3)9-10(8-13(17)18)20-14(19)11-6-4-5-7-12(11)16;1-6(2,3)4-5(7)8/h4-7,10H,8-9H2,1-3H3,(H-,16,17,18,19);4H2,1-3H3/p+2/t10-;/m0./s1. The van der Waals surface area contributed by atoms with E-state index in [1.54, 1.807) is 12.1 Å². The highest BCUT2D eigenvalue weighted by Gasteiger charge is 2.26. The molecule has 28 heavy (non-hydrogen) atoms. The van der Waals surface area contributed by atoms with E-state index in [9.17, 15) is 19.5 Å². The Kier molecular flexibility index (Phi) is 9.62. The molecule has 0 bridgehead atoms. The highest BCUT2D eigenvalue weighted by atomic mass is 16.5. The number of carbonyl (C=O) groups is 3. The number of phenolic OH excluding ortho intramolecular Hbond substituents is 1. The number of phenols is 1. The lowest BCUT2D eigenvalue weighted by atomic mass is 10.2. The second-order valence-electron chi connectivity index (χ2n) is 8.46. The van der Waals surface area contributed by atoms with Crippen LogP contribution in [-0.2, 0) is 14.3 Å². The summed E-state index contributed by atoms with van der Waals surface area (Å²) in [5.41, 5.74) is 0.0318. The van der Waals surface area contributed by atoms with Gasteiger partial charge in [0.15, 0.2) is 12.6 Å². The third-order valence-corrected chi connectivity index (χ3v) is 3.16. The van der Waals surface area contributed by atoms with Crippen LogP contribution in [0.25, 0.3) is 0 Å². The number of carboxylic acid groups (broad SMARTS) is 2. The zero-order chi connectivity index (χ0) is 22.1. The maximum Gasteiger partial charge on any atom is 0.359 e. The van der Waals surface area contributed by atoms with E-state index in [1.165, 1.54) is 12.1 Å². The first kappa shape index (κ1) is 25.4. The van der Waals surface area contributed by atoms with Gasteiger partial charge in [0.2, 0.25) is 0 Å². The van der Waals surface area contributed by atoms with Gasteiger partial charge in [0.25, 0.3) is 0 Å². The largest absolute Gasteiger partial charge is 0.507 e. The molecule has 9 heteroatoms. The number of rotatable bonds is 8. The van der Waals surface area contributed by atoms with Crippen LogP contribution in [-0.4, -0.2) is 104 Å². The minimum absolute atomic E-state index is 0.0318. The van der Waals surface area contributed by atoms with Gasteiger partial charge in [0.05, 0.1) is 48.7 Å². The van der Waals surface area contributed by atoms with E-state index < -0.39 is 24.0 Å². The molecule has 1 aromatic rings. The summed E-state index contributed by atoms with van der Waals surface area (Å²) < 4.78 is 6.15. The van der Waals surface area contributed by atoms with Crippen molar-refractivity contribution in [2.75, 3.05) is 55.4 Å². The van der Waals surface area contributed by atoms with Gasteiger partial charge >= 0.3 is 17.9 Å². The number of nitrogens with zero attached hydrogens (tertiary/aromatic N) is 2. The van der Waals surface area contributed by atoms with Gasteiger partial charge in [-0.15, -0.1) is 0 Å². The first-order chi connectivity index (χ1) is 12.6. The number of para-hydroxylation sites is 1. The minimum Gasteiger partial charge on any atom is -0.507 e. The summed E-state index contributed by atoms with van der Waals surface area (Å²) >= 11 is 0. The minimum atomic E-state index is -1.03. The first-order valence-electron chi connectivity index (χ1n) is 8.64. The fourth-order valence-electron chi connectivity index (χ4n) is 2.22. The first-order valence-corrected chi connectivity index (χ1v) is 8.64. The molecule has 0 aliphatic heterocycles. The third-order valence-electron chi connectivity index (χ3n) is 3.16. The van der Waals surface area contributed by atoms with Crippen LogP contribution in [0.4, 0.5) is 0 Å². The summed E-state index contributed by atoms with van der Waals surface area (Å²) in [5.74, 6) is -2.69. The number of quaternary nitrogens is 2. The Labute approximate surface area is 165 Å². The average Bonchev–Trinajstić information content (AvgIpc) is 2.42. The van der Waals surface area contributed by atoms with E-state index in [4.69, 9.17) is 14.9 Å². The molecule has 1 rings (SSSR count). The van der Waals surface area contributed by atoms with Crippen molar-refractivity contribution in [3.63, 3.8) is 0 Å². The Morgan fingerprint density at radius 1 is 0.929 bits per heavy atom. The van der Waals surface area contributed by atoms with Gasteiger partial charge in [0, 0.05) is 0 Å². The van der Waals surface area contributed by atoms with Gasteiger partial charge in [0.1, 0.15) is 17.9 Å². The number of likely N-dealkylation sites (N-methyl/N-ethyl adjacent to an activating group) is 2. The number of carboxylic acids is 2. The quantitative estimate of drug-likeness (QED) is 0.437. The molecule has 0 unspecified atom stereocenters. The number of aromatic hydroxyl groups is 1. The average molecular weight is 400 g/mol. The van der Waals surface area contributed by atoms with E-state index >= 15 is 0 Å². The van der Waals surface area contributed by atoms with Crippen LogP contribution < -0.4 is 0 Å². The maximum atomic E-state index is 12.0. The lowest BCUT2D eigenvalue weighted by Crippen LogP contribution is -2.43. The Hall–Kier alpha value is -2.65. The van der Waals surface area contributed by atoms with Gasteiger partial charge in [-0.25, -0.2) is 9.59 Å². The number of hydrogen-bond acceptors (Lipinski definition) is 5. The number of benzene rings is 1. The molecule has 0 spiro atoms. The summed E-state index contributed by atoms with van der Waals surface area (Å²) in [6, 6.07) is 6.00. The molecule has 0 saturated heterocycles.